The smallest absolute Gasteiger partial charge is 0.121 e. The van der Waals surface area contributed by atoms with Gasteiger partial charge in [0, 0.05) is 5.39 Å². The third-order valence-electron chi connectivity index (χ3n) is 3.34. The van der Waals surface area contributed by atoms with E-state index in [0.717, 1.165) is 11.4 Å². The first-order chi connectivity index (χ1) is 8.93. The SMILES string of the molecule is c1ccc(-c2cc3c(c4ccccc24)N=N3)cc1. The Hall–Kier alpha value is -2.48. The molecule has 0 saturated heterocycles. The molecule has 0 amide bonds. The molecule has 4 rings (SSSR count). The van der Waals surface area contributed by atoms with Gasteiger partial charge in [-0.05, 0) is 22.6 Å². The molecule has 0 bridgehead atoms. The van der Waals surface area contributed by atoms with E-state index in [1.54, 1.807) is 0 Å². The minimum Gasteiger partial charge on any atom is -0.148 e. The summed E-state index contributed by atoms with van der Waals surface area (Å²) in [6.45, 7) is 0. The van der Waals surface area contributed by atoms with Gasteiger partial charge in [0.15, 0.2) is 0 Å². The van der Waals surface area contributed by atoms with Crippen molar-refractivity contribution in [3.8, 4) is 11.1 Å². The van der Waals surface area contributed by atoms with Crippen LogP contribution in [-0.4, -0.2) is 0 Å². The number of fused-ring (bicyclic) bond motifs is 3. The third-order valence-corrected chi connectivity index (χ3v) is 3.34. The first-order valence-electron chi connectivity index (χ1n) is 5.96. The molecule has 2 nitrogen and oxygen atoms in total. The minimum absolute atomic E-state index is 0.993. The van der Waals surface area contributed by atoms with Crippen molar-refractivity contribution < 1.29 is 0 Å². The van der Waals surface area contributed by atoms with Crippen LogP contribution in [0.25, 0.3) is 21.9 Å². The highest BCUT2D eigenvalue weighted by atomic mass is 15.2. The Morgan fingerprint density at radius 1 is 0.667 bits per heavy atom. The van der Waals surface area contributed by atoms with Crippen LogP contribution in [0.4, 0.5) is 11.4 Å². The highest BCUT2D eigenvalue weighted by Gasteiger charge is 2.17. The van der Waals surface area contributed by atoms with E-state index in [1.165, 1.54) is 21.9 Å². The maximum Gasteiger partial charge on any atom is 0.121 e. The molecular weight excluding hydrogens is 220 g/mol. The Bertz CT molecular complexity index is 774. The molecule has 0 saturated carbocycles. The normalized spacial score (nSPS) is 12.2. The van der Waals surface area contributed by atoms with Gasteiger partial charge in [-0.1, -0.05) is 54.6 Å². The molecule has 2 heteroatoms. The van der Waals surface area contributed by atoms with Crippen molar-refractivity contribution in [2.24, 2.45) is 10.2 Å². The van der Waals surface area contributed by atoms with Crippen LogP contribution in [-0.2, 0) is 0 Å². The Morgan fingerprint density at radius 2 is 1.39 bits per heavy atom. The van der Waals surface area contributed by atoms with E-state index in [2.05, 4.69) is 58.8 Å². The molecule has 0 fully saturated rings. The van der Waals surface area contributed by atoms with Gasteiger partial charge < -0.3 is 0 Å². The molecule has 0 unspecified atom stereocenters. The molecule has 84 valence electrons. The number of hydrogen-bond acceptors (Lipinski definition) is 2. The number of hydrogen-bond donors (Lipinski definition) is 0. The van der Waals surface area contributed by atoms with E-state index in [1.807, 2.05) is 12.1 Å². The predicted octanol–water partition coefficient (Wildman–Crippen LogP) is 5.24. The van der Waals surface area contributed by atoms with E-state index in [-0.39, 0.29) is 0 Å². The van der Waals surface area contributed by atoms with Gasteiger partial charge in [0.1, 0.15) is 11.4 Å². The average Bonchev–Trinajstić information content (AvgIpc) is 2.40. The molecular formula is C16H10N2. The molecule has 3 aromatic rings. The Morgan fingerprint density at radius 3 is 2.11 bits per heavy atom. The first-order valence-corrected chi connectivity index (χ1v) is 5.96. The van der Waals surface area contributed by atoms with Crippen LogP contribution in [0.3, 0.4) is 0 Å². The summed E-state index contributed by atoms with van der Waals surface area (Å²) >= 11 is 0. The van der Waals surface area contributed by atoms with Gasteiger partial charge in [-0.3, -0.25) is 0 Å². The zero-order chi connectivity index (χ0) is 11.9. The molecule has 3 aromatic carbocycles. The van der Waals surface area contributed by atoms with Crippen molar-refractivity contribution in [2.45, 2.75) is 0 Å². The van der Waals surface area contributed by atoms with Gasteiger partial charge in [0.25, 0.3) is 0 Å². The Kier molecular flexibility index (Phi) is 1.86. The van der Waals surface area contributed by atoms with Crippen LogP contribution in [0.1, 0.15) is 0 Å². The molecule has 0 spiro atoms. The first kappa shape index (κ1) is 9.54. The van der Waals surface area contributed by atoms with E-state index in [4.69, 9.17) is 0 Å². The fourth-order valence-electron chi connectivity index (χ4n) is 2.44. The Labute approximate surface area is 105 Å². The number of benzene rings is 3. The lowest BCUT2D eigenvalue weighted by Gasteiger charge is -2.15. The zero-order valence-electron chi connectivity index (χ0n) is 9.67. The summed E-state index contributed by atoms with van der Waals surface area (Å²) in [6, 6.07) is 20.9. The summed E-state index contributed by atoms with van der Waals surface area (Å²) in [5.41, 5.74) is 4.46. The van der Waals surface area contributed by atoms with E-state index in [9.17, 15) is 0 Å². The van der Waals surface area contributed by atoms with Crippen molar-refractivity contribution >= 4 is 22.1 Å². The molecule has 18 heavy (non-hydrogen) atoms. The number of azo groups is 1. The average molecular weight is 230 g/mol. The van der Waals surface area contributed by atoms with Gasteiger partial charge in [-0.25, -0.2) is 0 Å². The summed E-state index contributed by atoms with van der Waals surface area (Å²) < 4.78 is 0. The van der Waals surface area contributed by atoms with Crippen LogP contribution in [0, 0.1) is 0 Å². The minimum atomic E-state index is 0.993. The molecule has 1 aliphatic rings. The summed E-state index contributed by atoms with van der Waals surface area (Å²) in [7, 11) is 0. The van der Waals surface area contributed by atoms with Gasteiger partial charge in [0.2, 0.25) is 0 Å². The molecule has 1 aliphatic heterocycles. The second kappa shape index (κ2) is 3.50. The van der Waals surface area contributed by atoms with Gasteiger partial charge >= 0.3 is 0 Å². The molecule has 0 aliphatic carbocycles. The molecule has 0 aromatic heterocycles. The van der Waals surface area contributed by atoms with Crippen molar-refractivity contribution in [1.82, 2.24) is 0 Å². The van der Waals surface area contributed by atoms with Crippen molar-refractivity contribution in [3.63, 3.8) is 0 Å². The maximum absolute atomic E-state index is 4.12. The summed E-state index contributed by atoms with van der Waals surface area (Å²) in [4.78, 5) is 0. The van der Waals surface area contributed by atoms with Crippen LogP contribution < -0.4 is 0 Å². The summed E-state index contributed by atoms with van der Waals surface area (Å²) in [5.74, 6) is 0. The van der Waals surface area contributed by atoms with Crippen molar-refractivity contribution in [3.05, 3.63) is 60.7 Å². The van der Waals surface area contributed by atoms with E-state index < -0.39 is 0 Å². The van der Waals surface area contributed by atoms with Crippen LogP contribution in [0.15, 0.2) is 70.9 Å². The zero-order valence-corrected chi connectivity index (χ0v) is 9.67. The van der Waals surface area contributed by atoms with Gasteiger partial charge in [-0.2, -0.15) is 0 Å². The fraction of sp³-hybridized carbons (Fsp3) is 0. The molecule has 0 radical (unpaired) electrons. The predicted molar refractivity (Wildman–Crippen MR) is 73.6 cm³/mol. The molecule has 1 heterocycles. The van der Waals surface area contributed by atoms with E-state index in [0.29, 0.717) is 0 Å². The second-order valence-electron chi connectivity index (χ2n) is 4.40. The highest BCUT2D eigenvalue weighted by molar-refractivity contribution is 6.07. The summed E-state index contributed by atoms with van der Waals surface area (Å²) in [5, 5.41) is 10.6. The summed E-state index contributed by atoms with van der Waals surface area (Å²) in [6.07, 6.45) is 0. The van der Waals surface area contributed by atoms with Crippen molar-refractivity contribution in [2.75, 3.05) is 0 Å². The fourth-order valence-corrected chi connectivity index (χ4v) is 2.44. The highest BCUT2D eigenvalue weighted by Crippen LogP contribution is 2.47. The second-order valence-corrected chi connectivity index (χ2v) is 4.40. The Balaban J connectivity index is 2.11. The van der Waals surface area contributed by atoms with Gasteiger partial charge in [-0.15, -0.1) is 10.2 Å². The molecule has 0 N–H and O–H groups in total. The number of nitrogens with zero attached hydrogens (tertiary/aromatic N) is 2. The lowest BCUT2D eigenvalue weighted by molar-refractivity contribution is 1.16. The molecule has 0 atom stereocenters. The van der Waals surface area contributed by atoms with E-state index >= 15 is 0 Å². The quantitative estimate of drug-likeness (QED) is 0.427. The standard InChI is InChI=1S/C16H10N2/c1-2-6-11(7-3-1)14-10-15-16(18-17-15)13-9-5-4-8-12(13)14/h1-10H. The van der Waals surface area contributed by atoms with Crippen LogP contribution >= 0.6 is 0 Å². The van der Waals surface area contributed by atoms with Crippen LogP contribution in [0.5, 0.6) is 0 Å². The lowest BCUT2D eigenvalue weighted by atomic mass is 9.95. The number of rotatable bonds is 1. The monoisotopic (exact) mass is 230 g/mol. The van der Waals surface area contributed by atoms with Crippen LogP contribution in [0.2, 0.25) is 0 Å². The maximum atomic E-state index is 4.12. The van der Waals surface area contributed by atoms with Gasteiger partial charge in [0.05, 0.1) is 0 Å². The topological polar surface area (TPSA) is 24.7 Å². The largest absolute Gasteiger partial charge is 0.148 e. The third kappa shape index (κ3) is 1.23. The lowest BCUT2D eigenvalue weighted by Crippen LogP contribution is -1.86. The van der Waals surface area contributed by atoms with Crippen molar-refractivity contribution in [1.29, 1.82) is 0 Å².